The van der Waals surface area contributed by atoms with Crippen LogP contribution in [0, 0.1) is 11.8 Å². The van der Waals surface area contributed by atoms with Crippen molar-refractivity contribution in [2.24, 2.45) is 5.73 Å². The highest BCUT2D eigenvalue weighted by Crippen LogP contribution is 2.51. The van der Waals surface area contributed by atoms with E-state index in [2.05, 4.69) is 21.1 Å². The fraction of sp³-hybridized carbons (Fsp3) is 0.478. The number of thioether (sulfide) groups is 1. The third-order valence-corrected chi connectivity index (χ3v) is 8.53. The van der Waals surface area contributed by atoms with Crippen LogP contribution in [0.15, 0.2) is 23.1 Å². The Hall–Kier alpha value is -2.74. The Kier molecular flexibility index (Phi) is 12.6. The zero-order chi connectivity index (χ0) is 30.9. The van der Waals surface area contributed by atoms with E-state index in [1.165, 1.54) is 43.9 Å². The molecule has 19 heteroatoms. The van der Waals surface area contributed by atoms with Gasteiger partial charge >= 0.3 is 21.8 Å². The summed E-state index contributed by atoms with van der Waals surface area (Å²) >= 11 is 1.34. The highest BCUT2D eigenvalue weighted by Gasteiger charge is 2.43. The molecule has 230 valence electrons. The number of hydrogen-bond donors (Lipinski definition) is 4. The highest BCUT2D eigenvalue weighted by molar-refractivity contribution is 7.98. The van der Waals surface area contributed by atoms with Crippen LogP contribution in [-0.4, -0.2) is 78.6 Å². The minimum absolute atomic E-state index is 0.0555. The second-order valence-corrected chi connectivity index (χ2v) is 11.6. The summed E-state index contributed by atoms with van der Waals surface area (Å²) in [4.78, 5) is 35.2. The van der Waals surface area contributed by atoms with E-state index >= 15 is 0 Å². The molecule has 0 amide bonds. The van der Waals surface area contributed by atoms with Crippen molar-refractivity contribution in [3.05, 3.63) is 39.9 Å². The minimum Gasteiger partial charge on any atom is -0.496 e. The van der Waals surface area contributed by atoms with Crippen LogP contribution in [0.1, 0.15) is 17.2 Å². The van der Waals surface area contributed by atoms with Crippen LogP contribution in [0.2, 0.25) is 0 Å². The number of nitrogen functional groups attached to an aromatic ring is 1. The first-order chi connectivity index (χ1) is 20.0. The molecule has 1 aromatic carbocycles. The Bertz CT molecular complexity index is 1410. The van der Waals surface area contributed by atoms with Crippen LogP contribution in [0.3, 0.4) is 0 Å². The van der Waals surface area contributed by atoms with Gasteiger partial charge in [-0.2, -0.15) is 4.98 Å². The maximum atomic E-state index is 12.8. The SMILES string of the molecule is COc1cc(OC)c(CSCO[C@H]2[C@H](n3cc(C#CCN)c(N)nc3=O)CO[C@@H]2COP(=O)(O)O[P+](=O)O)c(OC)c1. The Morgan fingerprint density at radius 1 is 1.26 bits per heavy atom. The van der Waals surface area contributed by atoms with Crippen molar-refractivity contribution in [3.63, 3.8) is 0 Å². The van der Waals surface area contributed by atoms with Gasteiger partial charge in [-0.25, -0.2) is 9.36 Å². The summed E-state index contributed by atoms with van der Waals surface area (Å²) in [5.41, 5.74) is 11.6. The van der Waals surface area contributed by atoms with Gasteiger partial charge in [0.05, 0.1) is 58.6 Å². The molecule has 0 spiro atoms. The molecule has 0 aliphatic carbocycles. The smallest absolute Gasteiger partial charge is 0.496 e. The van der Waals surface area contributed by atoms with Gasteiger partial charge in [0.2, 0.25) is 0 Å². The van der Waals surface area contributed by atoms with Crippen LogP contribution >= 0.6 is 27.8 Å². The maximum absolute atomic E-state index is 12.8. The van der Waals surface area contributed by atoms with Gasteiger partial charge in [-0.3, -0.25) is 14.0 Å². The lowest BCUT2D eigenvalue weighted by Crippen LogP contribution is -2.39. The standard InChI is InChI=1S/C23H30N4O12P2S/c1-33-15-7-18(34-2)16(19(8-15)35-3)12-42-13-37-21-17(10-36-20(21)11-38-41(31,32)39-40(29)30)27-9-14(5-4-6-24)22(25)26-23(27)28/h7-9,17,20-21H,6,10-13,24H2,1-3H3,(H3-,25,26,28,29,30,31,32)/p+1/t17-,20-,21+/m1/s1. The van der Waals surface area contributed by atoms with Crippen molar-refractivity contribution in [2.75, 3.05) is 52.8 Å². The summed E-state index contributed by atoms with van der Waals surface area (Å²) in [6, 6.07) is 2.65. The van der Waals surface area contributed by atoms with E-state index in [1.54, 1.807) is 12.1 Å². The van der Waals surface area contributed by atoms with Gasteiger partial charge in [-0.1, -0.05) is 11.8 Å². The second-order valence-electron chi connectivity index (χ2n) is 8.37. The maximum Gasteiger partial charge on any atom is 0.705 e. The van der Waals surface area contributed by atoms with Crippen molar-refractivity contribution in [2.45, 2.75) is 24.0 Å². The van der Waals surface area contributed by atoms with Crippen LogP contribution in [-0.2, 0) is 33.2 Å². The second kappa shape index (κ2) is 15.6. The average Bonchev–Trinajstić information content (AvgIpc) is 3.35. The van der Waals surface area contributed by atoms with Crippen molar-refractivity contribution >= 4 is 33.7 Å². The monoisotopic (exact) mass is 649 g/mol. The van der Waals surface area contributed by atoms with E-state index in [0.29, 0.717) is 23.0 Å². The normalized spacial score (nSPS) is 19.9. The first kappa shape index (κ1) is 33.8. The molecule has 5 atom stereocenters. The van der Waals surface area contributed by atoms with Gasteiger partial charge in [0, 0.05) is 34.2 Å². The molecule has 42 heavy (non-hydrogen) atoms. The zero-order valence-corrected chi connectivity index (χ0v) is 25.4. The largest absolute Gasteiger partial charge is 0.705 e. The van der Waals surface area contributed by atoms with Gasteiger partial charge in [0.1, 0.15) is 35.3 Å². The van der Waals surface area contributed by atoms with Crippen molar-refractivity contribution in [1.29, 1.82) is 0 Å². The van der Waals surface area contributed by atoms with Crippen LogP contribution < -0.4 is 31.4 Å². The lowest BCUT2D eigenvalue weighted by Gasteiger charge is -2.24. The molecule has 0 saturated carbocycles. The van der Waals surface area contributed by atoms with E-state index in [9.17, 15) is 18.8 Å². The Morgan fingerprint density at radius 2 is 1.95 bits per heavy atom. The first-order valence-corrected chi connectivity index (χ1v) is 15.8. The molecular formula is C23H31N4O12P2S+. The van der Waals surface area contributed by atoms with E-state index in [4.69, 9.17) is 44.6 Å². The Labute approximate surface area is 246 Å². The number of anilines is 1. The molecule has 1 aliphatic rings. The number of rotatable bonds is 14. The topological polar surface area (TPSA) is 226 Å². The average molecular weight is 650 g/mol. The van der Waals surface area contributed by atoms with E-state index in [-0.39, 0.29) is 30.5 Å². The third kappa shape index (κ3) is 8.88. The van der Waals surface area contributed by atoms with Gasteiger partial charge in [0.15, 0.2) is 0 Å². The molecule has 0 radical (unpaired) electrons. The number of aromatic nitrogens is 2. The molecule has 1 saturated heterocycles. The summed E-state index contributed by atoms with van der Waals surface area (Å²) in [5.74, 6) is 7.40. The van der Waals surface area contributed by atoms with Crippen LogP contribution in [0.5, 0.6) is 17.2 Å². The lowest BCUT2D eigenvalue weighted by atomic mass is 10.1. The molecule has 1 aliphatic heterocycles. The molecule has 2 unspecified atom stereocenters. The summed E-state index contributed by atoms with van der Waals surface area (Å²) in [6.45, 7) is -0.594. The summed E-state index contributed by atoms with van der Waals surface area (Å²) in [5, 5.41) is 0. The third-order valence-electron chi connectivity index (χ3n) is 5.87. The predicted molar refractivity (Wildman–Crippen MR) is 151 cm³/mol. The van der Waals surface area contributed by atoms with Gasteiger partial charge in [-0.05, 0) is 4.31 Å². The van der Waals surface area contributed by atoms with Crippen LogP contribution in [0.25, 0.3) is 0 Å². The van der Waals surface area contributed by atoms with Crippen LogP contribution in [0.4, 0.5) is 5.82 Å². The fourth-order valence-electron chi connectivity index (χ4n) is 3.99. The molecule has 1 fully saturated rings. The summed E-state index contributed by atoms with van der Waals surface area (Å²) < 4.78 is 61.1. The van der Waals surface area contributed by atoms with Crippen molar-refractivity contribution < 1.29 is 51.4 Å². The quantitative estimate of drug-likeness (QED) is 0.0974. The van der Waals surface area contributed by atoms with E-state index in [0.717, 1.165) is 5.56 Å². The fourth-order valence-corrected chi connectivity index (χ4v) is 6.05. The van der Waals surface area contributed by atoms with Crippen molar-refractivity contribution in [3.8, 4) is 29.1 Å². The number of methoxy groups -OCH3 is 3. The highest BCUT2D eigenvalue weighted by atomic mass is 32.2. The molecule has 0 bridgehead atoms. The number of phosphoric ester groups is 1. The molecule has 6 N–H and O–H groups in total. The summed E-state index contributed by atoms with van der Waals surface area (Å²) in [7, 11) is -3.74. The van der Waals surface area contributed by atoms with E-state index in [1.807, 2.05) is 0 Å². The summed E-state index contributed by atoms with van der Waals surface area (Å²) in [6.07, 6.45) is -0.514. The number of benzene rings is 1. The molecule has 2 heterocycles. The first-order valence-electron chi connectivity index (χ1n) is 12.0. The van der Waals surface area contributed by atoms with Gasteiger partial charge in [-0.15, -0.1) is 16.7 Å². The van der Waals surface area contributed by atoms with Gasteiger partial charge < -0.3 is 35.2 Å². The Balaban J connectivity index is 1.83. The number of nitrogens with two attached hydrogens (primary N) is 2. The molecular weight excluding hydrogens is 618 g/mol. The molecule has 16 nitrogen and oxygen atoms in total. The van der Waals surface area contributed by atoms with Gasteiger partial charge in [0.25, 0.3) is 0 Å². The predicted octanol–water partition coefficient (Wildman–Crippen LogP) is 1.16. The lowest BCUT2D eigenvalue weighted by molar-refractivity contribution is -0.0228. The Morgan fingerprint density at radius 3 is 2.55 bits per heavy atom. The molecule has 2 aromatic rings. The number of ether oxygens (including phenoxy) is 5. The number of phosphoric acid groups is 1. The number of nitrogens with zero attached hydrogens (tertiary/aromatic N) is 2. The molecule has 1 aromatic heterocycles. The minimum atomic E-state index is -4.89. The zero-order valence-electron chi connectivity index (χ0n) is 22.8. The van der Waals surface area contributed by atoms with Crippen molar-refractivity contribution in [1.82, 2.24) is 9.55 Å². The molecule has 3 rings (SSSR count). The number of hydrogen-bond acceptors (Lipinski definition) is 14. The van der Waals surface area contributed by atoms with E-state index < -0.39 is 46.6 Å².